The molecule has 0 saturated heterocycles. The van der Waals surface area contributed by atoms with Crippen molar-refractivity contribution < 1.29 is 19.0 Å². The number of carbonyl (C=O) groups excluding carboxylic acids is 1. The smallest absolute Gasteiger partial charge is 0.315 e. The molecule has 2 amide bonds. The number of urea groups is 1. The highest BCUT2D eigenvalue weighted by Gasteiger charge is 2.22. The van der Waals surface area contributed by atoms with E-state index in [1.54, 1.807) is 19.1 Å². The lowest BCUT2D eigenvalue weighted by molar-refractivity contribution is 0.231. The number of carbonyl (C=O) groups is 1. The zero-order valence-corrected chi connectivity index (χ0v) is 12.1. The summed E-state index contributed by atoms with van der Waals surface area (Å²) in [6.45, 7) is 2.38. The number of rotatable bonds is 7. The van der Waals surface area contributed by atoms with Crippen molar-refractivity contribution >= 4 is 6.03 Å². The van der Waals surface area contributed by atoms with Gasteiger partial charge in [-0.2, -0.15) is 0 Å². The van der Waals surface area contributed by atoms with Crippen molar-refractivity contribution in [3.63, 3.8) is 0 Å². The molecule has 116 valence electrons. The Morgan fingerprint density at radius 3 is 2.90 bits per heavy atom. The van der Waals surface area contributed by atoms with Crippen LogP contribution in [0, 0.1) is 11.7 Å². The maximum atomic E-state index is 13.9. The van der Waals surface area contributed by atoms with Crippen molar-refractivity contribution in [1.29, 1.82) is 0 Å². The SMILES string of the molecule is CC(NC(=O)NCCO)c1ccc(OCC2CC2)c(F)c1. The number of hydrogen-bond donors (Lipinski definition) is 3. The van der Waals surface area contributed by atoms with E-state index in [9.17, 15) is 9.18 Å². The minimum Gasteiger partial charge on any atom is -0.490 e. The van der Waals surface area contributed by atoms with Crippen molar-refractivity contribution in [1.82, 2.24) is 10.6 Å². The normalized spacial score (nSPS) is 15.4. The summed E-state index contributed by atoms with van der Waals surface area (Å²) in [5.41, 5.74) is 0.658. The van der Waals surface area contributed by atoms with Crippen LogP contribution in [0.2, 0.25) is 0 Å². The average molecular weight is 296 g/mol. The second kappa shape index (κ2) is 7.26. The molecule has 0 radical (unpaired) electrons. The number of aliphatic hydroxyl groups excluding tert-OH is 1. The number of hydrogen-bond acceptors (Lipinski definition) is 3. The highest BCUT2D eigenvalue weighted by molar-refractivity contribution is 5.74. The Labute approximate surface area is 123 Å². The molecule has 0 bridgehead atoms. The van der Waals surface area contributed by atoms with Gasteiger partial charge in [0.25, 0.3) is 0 Å². The number of ether oxygens (including phenoxy) is 1. The molecule has 0 aliphatic heterocycles. The van der Waals surface area contributed by atoms with Crippen LogP contribution in [0.5, 0.6) is 5.75 Å². The molecule has 1 aromatic carbocycles. The quantitative estimate of drug-likeness (QED) is 0.720. The molecule has 1 aliphatic rings. The molecule has 0 heterocycles. The molecule has 1 unspecified atom stereocenters. The van der Waals surface area contributed by atoms with E-state index in [1.165, 1.54) is 6.07 Å². The van der Waals surface area contributed by atoms with E-state index in [0.717, 1.165) is 12.8 Å². The van der Waals surface area contributed by atoms with Crippen LogP contribution in [0.25, 0.3) is 0 Å². The first-order valence-electron chi connectivity index (χ1n) is 7.17. The summed E-state index contributed by atoms with van der Waals surface area (Å²) in [7, 11) is 0. The van der Waals surface area contributed by atoms with Crippen molar-refractivity contribution in [3.8, 4) is 5.75 Å². The van der Waals surface area contributed by atoms with Gasteiger partial charge in [0.1, 0.15) is 0 Å². The van der Waals surface area contributed by atoms with Gasteiger partial charge in [-0.25, -0.2) is 9.18 Å². The molecule has 5 nitrogen and oxygen atoms in total. The summed E-state index contributed by atoms with van der Waals surface area (Å²) in [6, 6.07) is 3.97. The zero-order valence-electron chi connectivity index (χ0n) is 12.1. The molecule has 0 aromatic heterocycles. The van der Waals surface area contributed by atoms with Gasteiger partial charge in [-0.05, 0) is 43.4 Å². The highest BCUT2D eigenvalue weighted by Crippen LogP contribution is 2.30. The van der Waals surface area contributed by atoms with Crippen LogP contribution in [0.15, 0.2) is 18.2 Å². The van der Waals surface area contributed by atoms with E-state index in [2.05, 4.69) is 10.6 Å². The minimum absolute atomic E-state index is 0.122. The van der Waals surface area contributed by atoms with Crippen LogP contribution >= 0.6 is 0 Å². The third-order valence-corrected chi connectivity index (χ3v) is 3.37. The number of aliphatic hydroxyl groups is 1. The Morgan fingerprint density at radius 2 is 2.29 bits per heavy atom. The van der Waals surface area contributed by atoms with Crippen molar-refractivity contribution in [2.24, 2.45) is 5.92 Å². The predicted octanol–water partition coefficient (Wildman–Crippen LogP) is 1.97. The topological polar surface area (TPSA) is 70.6 Å². The Hall–Kier alpha value is -1.82. The fraction of sp³-hybridized carbons (Fsp3) is 0.533. The van der Waals surface area contributed by atoms with Gasteiger partial charge >= 0.3 is 6.03 Å². The Balaban J connectivity index is 1.89. The van der Waals surface area contributed by atoms with Gasteiger partial charge in [0, 0.05) is 6.54 Å². The Morgan fingerprint density at radius 1 is 1.52 bits per heavy atom. The first-order chi connectivity index (χ1) is 10.1. The lowest BCUT2D eigenvalue weighted by atomic mass is 10.1. The standard InChI is InChI=1S/C15H21FN2O3/c1-10(18-15(20)17-6-7-19)12-4-5-14(13(16)8-12)21-9-11-2-3-11/h4-5,8,10-11,19H,2-3,6-7,9H2,1H3,(H2,17,18,20). The number of nitrogens with one attached hydrogen (secondary N) is 2. The maximum absolute atomic E-state index is 13.9. The summed E-state index contributed by atoms with van der Waals surface area (Å²) >= 11 is 0. The van der Waals surface area contributed by atoms with Gasteiger partial charge in [-0.3, -0.25) is 0 Å². The molecular weight excluding hydrogens is 275 g/mol. The fourth-order valence-corrected chi connectivity index (χ4v) is 1.90. The molecule has 6 heteroatoms. The van der Waals surface area contributed by atoms with Gasteiger partial charge in [0.05, 0.1) is 19.3 Å². The zero-order chi connectivity index (χ0) is 15.2. The summed E-state index contributed by atoms with van der Waals surface area (Å²) in [5.74, 6) is 0.403. The average Bonchev–Trinajstić information content (AvgIpc) is 3.27. The molecule has 1 fully saturated rings. The molecule has 0 spiro atoms. The van der Waals surface area contributed by atoms with Crippen molar-refractivity contribution in [3.05, 3.63) is 29.6 Å². The molecule has 1 atom stereocenters. The second-order valence-corrected chi connectivity index (χ2v) is 5.29. The Bertz CT molecular complexity index is 492. The van der Waals surface area contributed by atoms with Crippen LogP contribution in [-0.2, 0) is 0 Å². The maximum Gasteiger partial charge on any atom is 0.315 e. The number of halogens is 1. The molecule has 1 aromatic rings. The molecule has 1 saturated carbocycles. The number of benzene rings is 1. The summed E-state index contributed by atoms with van der Waals surface area (Å²) < 4.78 is 19.4. The van der Waals surface area contributed by atoms with Gasteiger partial charge < -0.3 is 20.5 Å². The van der Waals surface area contributed by atoms with Gasteiger partial charge in [-0.15, -0.1) is 0 Å². The van der Waals surface area contributed by atoms with Crippen LogP contribution in [0.3, 0.4) is 0 Å². The largest absolute Gasteiger partial charge is 0.490 e. The van der Waals surface area contributed by atoms with Crippen LogP contribution in [-0.4, -0.2) is 30.9 Å². The van der Waals surface area contributed by atoms with E-state index >= 15 is 0 Å². The highest BCUT2D eigenvalue weighted by atomic mass is 19.1. The number of amides is 2. The molecule has 2 rings (SSSR count). The first kappa shape index (κ1) is 15.6. The van der Waals surface area contributed by atoms with Gasteiger partial charge in [-0.1, -0.05) is 6.07 Å². The van der Waals surface area contributed by atoms with Crippen molar-refractivity contribution in [2.45, 2.75) is 25.8 Å². The third kappa shape index (κ3) is 4.90. The van der Waals surface area contributed by atoms with Gasteiger partial charge in [0.15, 0.2) is 11.6 Å². The second-order valence-electron chi connectivity index (χ2n) is 5.29. The van der Waals surface area contributed by atoms with E-state index in [-0.39, 0.29) is 24.9 Å². The van der Waals surface area contributed by atoms with E-state index in [4.69, 9.17) is 9.84 Å². The summed E-state index contributed by atoms with van der Waals surface area (Å²) in [6.07, 6.45) is 2.31. The van der Waals surface area contributed by atoms with Crippen molar-refractivity contribution in [2.75, 3.05) is 19.8 Å². The molecule has 3 N–H and O–H groups in total. The molecule has 21 heavy (non-hydrogen) atoms. The summed E-state index contributed by atoms with van der Waals surface area (Å²) in [4.78, 5) is 11.5. The monoisotopic (exact) mass is 296 g/mol. The minimum atomic E-state index is -0.419. The lowest BCUT2D eigenvalue weighted by Gasteiger charge is -2.16. The van der Waals surface area contributed by atoms with E-state index < -0.39 is 11.8 Å². The van der Waals surface area contributed by atoms with E-state index in [0.29, 0.717) is 18.1 Å². The van der Waals surface area contributed by atoms with Crippen LogP contribution in [0.4, 0.5) is 9.18 Å². The Kier molecular flexibility index (Phi) is 5.38. The third-order valence-electron chi connectivity index (χ3n) is 3.37. The summed E-state index contributed by atoms with van der Waals surface area (Å²) in [5, 5.41) is 13.8. The molecular formula is C15H21FN2O3. The molecule has 1 aliphatic carbocycles. The van der Waals surface area contributed by atoms with E-state index in [1.807, 2.05) is 0 Å². The predicted molar refractivity (Wildman–Crippen MR) is 76.7 cm³/mol. The van der Waals surface area contributed by atoms with Gasteiger partial charge in [0.2, 0.25) is 0 Å². The van der Waals surface area contributed by atoms with Crippen LogP contribution in [0.1, 0.15) is 31.4 Å². The van der Waals surface area contributed by atoms with Crippen LogP contribution < -0.4 is 15.4 Å². The fourth-order valence-electron chi connectivity index (χ4n) is 1.90. The lowest BCUT2D eigenvalue weighted by Crippen LogP contribution is -2.38. The first-order valence-corrected chi connectivity index (χ1v) is 7.17.